The van der Waals surface area contributed by atoms with Crippen molar-refractivity contribution >= 4 is 0 Å². The van der Waals surface area contributed by atoms with Crippen LogP contribution in [-0.2, 0) is 0 Å². The van der Waals surface area contributed by atoms with E-state index in [2.05, 4.69) is 32.8 Å². The quantitative estimate of drug-likeness (QED) is 0.765. The maximum Gasteiger partial charge on any atom is 0.444 e. The average Bonchev–Trinajstić information content (AvgIpc) is 2.84. The molecule has 1 aliphatic carbocycles. The van der Waals surface area contributed by atoms with Crippen LogP contribution in [0.15, 0.2) is 33.5 Å². The second-order valence-corrected chi connectivity index (χ2v) is 9.36. The highest BCUT2D eigenvalue weighted by atomic mass is 16.6. The van der Waals surface area contributed by atoms with E-state index in [-0.39, 0.29) is 29.1 Å². The molecule has 0 spiro atoms. The molecule has 1 aromatic heterocycles. The Morgan fingerprint density at radius 3 is 2.26 bits per heavy atom. The van der Waals surface area contributed by atoms with Crippen LogP contribution in [-0.4, -0.2) is 22.0 Å². The second-order valence-electron chi connectivity index (χ2n) is 9.36. The van der Waals surface area contributed by atoms with Gasteiger partial charge in [0.1, 0.15) is 5.75 Å². The van der Waals surface area contributed by atoms with Gasteiger partial charge in [-0.05, 0) is 68.2 Å². The largest absolute Gasteiger partial charge is 0.490 e. The van der Waals surface area contributed by atoms with Gasteiger partial charge < -0.3 is 13.9 Å². The fourth-order valence-corrected chi connectivity index (χ4v) is 4.36. The fraction of sp³-hybridized carbons (Fsp3) is 0.619. The Bertz CT molecular complexity index is 815. The van der Waals surface area contributed by atoms with E-state index in [0.717, 1.165) is 18.6 Å². The van der Waals surface area contributed by atoms with E-state index >= 15 is 0 Å². The summed E-state index contributed by atoms with van der Waals surface area (Å²) in [4.78, 5) is 12.0. The van der Waals surface area contributed by atoms with E-state index in [0.29, 0.717) is 5.69 Å². The van der Waals surface area contributed by atoms with Gasteiger partial charge in [0.2, 0.25) is 0 Å². The summed E-state index contributed by atoms with van der Waals surface area (Å²) in [5.74, 6) is 0.225. The summed E-state index contributed by atoms with van der Waals surface area (Å²) in [7, 11) is 0. The van der Waals surface area contributed by atoms with Gasteiger partial charge in [-0.25, -0.2) is 4.79 Å². The van der Waals surface area contributed by atoms with E-state index in [1.807, 2.05) is 26.0 Å². The van der Waals surface area contributed by atoms with Gasteiger partial charge in [-0.15, -0.1) is 0 Å². The molecule has 1 aliphatic rings. The van der Waals surface area contributed by atoms with Crippen LogP contribution in [0.25, 0.3) is 5.69 Å². The Morgan fingerprint density at radius 1 is 1.11 bits per heavy atom. The number of rotatable bonds is 5. The van der Waals surface area contributed by atoms with Gasteiger partial charge in [0.25, 0.3) is 0 Å². The van der Waals surface area contributed by atoms with Crippen LogP contribution in [0.1, 0.15) is 60.8 Å². The minimum Gasteiger partial charge on any atom is -0.490 e. The van der Waals surface area contributed by atoms with Crippen molar-refractivity contribution in [2.24, 2.45) is 10.8 Å². The summed E-state index contributed by atoms with van der Waals surface area (Å²) in [5, 5.41) is 4.08. The topological polar surface area (TPSA) is 66.5 Å². The molecule has 1 heterocycles. The lowest BCUT2D eigenvalue weighted by molar-refractivity contribution is 0.0133. The highest BCUT2D eigenvalue weighted by Gasteiger charge is 2.39. The molecule has 0 N–H and O–H groups in total. The van der Waals surface area contributed by atoms with Crippen molar-refractivity contribution in [3.63, 3.8) is 0 Å². The molecule has 27 heavy (non-hydrogen) atoms. The van der Waals surface area contributed by atoms with Crippen LogP contribution in [0, 0.1) is 10.8 Å². The molecule has 0 amide bonds. The van der Waals surface area contributed by atoms with Crippen molar-refractivity contribution in [2.75, 3.05) is 0 Å². The molecule has 0 saturated heterocycles. The van der Waals surface area contributed by atoms with Crippen molar-refractivity contribution in [3.05, 3.63) is 34.8 Å². The first-order valence-corrected chi connectivity index (χ1v) is 9.57. The number of aromatic nitrogens is 2. The molecule has 1 fully saturated rings. The number of hydrogen-bond acceptors (Lipinski definition) is 5. The van der Waals surface area contributed by atoms with Crippen molar-refractivity contribution in [1.29, 1.82) is 0 Å². The maximum atomic E-state index is 12.0. The summed E-state index contributed by atoms with van der Waals surface area (Å²) < 4.78 is 17.8. The van der Waals surface area contributed by atoms with Crippen LogP contribution in [0.3, 0.4) is 0 Å². The van der Waals surface area contributed by atoms with Crippen LogP contribution < -0.4 is 15.2 Å². The lowest BCUT2D eigenvalue weighted by atomic mass is 9.64. The summed E-state index contributed by atoms with van der Waals surface area (Å²) in [6.45, 7) is 12.9. The summed E-state index contributed by atoms with van der Waals surface area (Å²) >= 11 is 0. The molecule has 1 saturated carbocycles. The molecule has 3 rings (SSSR count). The Hall–Kier alpha value is -2.24. The molecular formula is C21H30N2O4. The van der Waals surface area contributed by atoms with Gasteiger partial charge in [0.15, 0.2) is 0 Å². The second kappa shape index (κ2) is 7.06. The van der Waals surface area contributed by atoms with Gasteiger partial charge in [-0.2, -0.15) is 4.68 Å². The highest BCUT2D eigenvalue weighted by molar-refractivity contribution is 5.36. The Labute approximate surface area is 160 Å². The van der Waals surface area contributed by atoms with Crippen molar-refractivity contribution in [3.8, 4) is 17.5 Å². The molecule has 6 nitrogen and oxygen atoms in total. The first kappa shape index (κ1) is 19.5. The molecule has 1 aromatic carbocycles. The van der Waals surface area contributed by atoms with E-state index in [1.165, 1.54) is 11.1 Å². The van der Waals surface area contributed by atoms with E-state index in [1.54, 1.807) is 12.1 Å². The van der Waals surface area contributed by atoms with Gasteiger partial charge in [0, 0.05) is 0 Å². The van der Waals surface area contributed by atoms with Crippen LogP contribution in [0.4, 0.5) is 0 Å². The maximum absolute atomic E-state index is 12.0. The normalized spacial score (nSPS) is 19.2. The minimum atomic E-state index is -0.574. The van der Waals surface area contributed by atoms with Gasteiger partial charge >= 0.3 is 11.8 Å². The van der Waals surface area contributed by atoms with Gasteiger partial charge in [0.05, 0.1) is 17.9 Å². The first-order valence-electron chi connectivity index (χ1n) is 9.57. The number of ether oxygens (including phenoxy) is 2. The lowest BCUT2D eigenvalue weighted by Crippen LogP contribution is -2.39. The molecule has 0 radical (unpaired) electrons. The third-order valence-corrected chi connectivity index (χ3v) is 4.77. The molecule has 148 valence electrons. The summed E-state index contributed by atoms with van der Waals surface area (Å²) in [6.07, 6.45) is 3.33. The summed E-state index contributed by atoms with van der Waals surface area (Å²) in [5.41, 5.74) is 1.15. The predicted octanol–water partition coefficient (Wildman–Crippen LogP) is 4.60. The third-order valence-electron chi connectivity index (χ3n) is 4.77. The molecule has 0 bridgehead atoms. The monoisotopic (exact) mass is 374 g/mol. The van der Waals surface area contributed by atoms with Gasteiger partial charge in [-0.3, -0.25) is 0 Å². The number of hydrogen-bond donors (Lipinski definition) is 0. The van der Waals surface area contributed by atoms with E-state index in [4.69, 9.17) is 13.9 Å². The van der Waals surface area contributed by atoms with Crippen LogP contribution in [0.2, 0.25) is 0 Å². The SMILES string of the molecule is CC(C)Oc1nn(-c2ccc(OC3CC(C)(C)CC(C)(C)C3)cc2)c(=O)o1. The highest BCUT2D eigenvalue weighted by Crippen LogP contribution is 2.46. The summed E-state index contributed by atoms with van der Waals surface area (Å²) in [6, 6.07) is 7.34. The first-order chi connectivity index (χ1) is 12.5. The molecule has 2 aromatic rings. The molecule has 0 unspecified atom stereocenters. The standard InChI is InChI=1S/C21H30N2O4/c1-14(2)25-18-22-23(19(24)27-18)15-7-9-16(10-8-15)26-17-11-20(3,4)13-21(5,6)12-17/h7-10,14,17H,11-13H2,1-6H3. The van der Waals surface area contributed by atoms with Crippen molar-refractivity contribution in [1.82, 2.24) is 9.78 Å². The fourth-order valence-electron chi connectivity index (χ4n) is 4.36. The van der Waals surface area contributed by atoms with E-state index in [9.17, 15) is 4.79 Å². The zero-order valence-corrected chi connectivity index (χ0v) is 17.1. The average molecular weight is 374 g/mol. The predicted molar refractivity (Wildman–Crippen MR) is 104 cm³/mol. The zero-order chi connectivity index (χ0) is 19.8. The number of benzene rings is 1. The molecule has 0 atom stereocenters. The van der Waals surface area contributed by atoms with Gasteiger partial charge in [-0.1, -0.05) is 32.8 Å². The molecular weight excluding hydrogens is 344 g/mol. The van der Waals surface area contributed by atoms with Crippen LogP contribution in [0.5, 0.6) is 11.8 Å². The Kier molecular flexibility index (Phi) is 5.10. The number of nitrogens with zero attached hydrogens (tertiary/aromatic N) is 2. The van der Waals surface area contributed by atoms with Crippen molar-refractivity contribution < 1.29 is 13.9 Å². The third kappa shape index (κ3) is 4.93. The Morgan fingerprint density at radius 2 is 1.70 bits per heavy atom. The van der Waals surface area contributed by atoms with Crippen molar-refractivity contribution in [2.45, 2.75) is 73.0 Å². The van der Waals surface area contributed by atoms with E-state index < -0.39 is 5.76 Å². The smallest absolute Gasteiger partial charge is 0.444 e. The van der Waals surface area contributed by atoms with Crippen LogP contribution >= 0.6 is 0 Å². The lowest BCUT2D eigenvalue weighted by Gasteiger charge is -2.44. The Balaban J connectivity index is 1.73. The molecule has 0 aliphatic heterocycles. The zero-order valence-electron chi connectivity index (χ0n) is 17.1. The minimum absolute atomic E-state index is 0.0259. The molecule has 6 heteroatoms.